The maximum absolute atomic E-state index is 12.0. The molecular weight excluding hydrogens is 256 g/mol. The van der Waals surface area contributed by atoms with Gasteiger partial charge in [-0.05, 0) is 31.6 Å². The topological polar surface area (TPSA) is 41.1 Å². The third-order valence-corrected chi connectivity index (χ3v) is 5.47. The molecule has 0 aromatic heterocycles. The molecule has 2 fully saturated rings. The van der Waals surface area contributed by atoms with Gasteiger partial charge in [0.25, 0.3) is 0 Å². The van der Waals surface area contributed by atoms with Crippen molar-refractivity contribution in [1.29, 1.82) is 0 Å². The van der Waals surface area contributed by atoms with Gasteiger partial charge in [0.05, 0.1) is 0 Å². The van der Waals surface area contributed by atoms with Gasteiger partial charge < -0.3 is 10.6 Å². The van der Waals surface area contributed by atoms with Crippen LogP contribution in [-0.4, -0.2) is 36.0 Å². The van der Waals surface area contributed by atoms with E-state index in [4.69, 9.17) is 0 Å². The van der Waals surface area contributed by atoms with E-state index in [1.165, 1.54) is 44.3 Å². The summed E-state index contributed by atoms with van der Waals surface area (Å²) in [5.41, 5.74) is 0. The molecule has 1 saturated carbocycles. The number of hydrogen-bond donors (Lipinski definition) is 2. The number of hydrogen-bond acceptors (Lipinski definition) is 3. The first-order chi connectivity index (χ1) is 9.28. The van der Waals surface area contributed by atoms with Gasteiger partial charge in [-0.3, -0.25) is 4.79 Å². The number of thioether (sulfide) groups is 1. The van der Waals surface area contributed by atoms with Gasteiger partial charge in [-0.15, -0.1) is 0 Å². The first-order valence-corrected chi connectivity index (χ1v) is 9.04. The van der Waals surface area contributed by atoms with Crippen molar-refractivity contribution in [3.63, 3.8) is 0 Å². The summed E-state index contributed by atoms with van der Waals surface area (Å²) in [5.74, 6) is 3.42. The molecule has 3 nitrogen and oxygen atoms in total. The molecule has 2 aliphatic rings. The van der Waals surface area contributed by atoms with E-state index in [1.54, 1.807) is 0 Å². The number of carbonyl (C=O) groups is 1. The molecule has 1 saturated heterocycles. The number of nitrogens with one attached hydrogen (secondary N) is 2. The zero-order valence-corrected chi connectivity index (χ0v) is 12.9. The molecule has 0 aromatic carbocycles. The summed E-state index contributed by atoms with van der Waals surface area (Å²) in [6.45, 7) is 3.31. The average Bonchev–Trinajstić information content (AvgIpc) is 2.42. The third kappa shape index (κ3) is 5.35. The lowest BCUT2D eigenvalue weighted by Crippen LogP contribution is -2.44. The molecule has 0 bridgehead atoms. The summed E-state index contributed by atoms with van der Waals surface area (Å²) < 4.78 is 0. The van der Waals surface area contributed by atoms with E-state index in [0.717, 1.165) is 18.2 Å². The number of carbonyl (C=O) groups excluding carboxylic acids is 1. The maximum atomic E-state index is 12.0. The Morgan fingerprint density at radius 1 is 1.32 bits per heavy atom. The van der Waals surface area contributed by atoms with E-state index in [2.05, 4.69) is 17.6 Å². The Hall–Kier alpha value is -0.220. The first kappa shape index (κ1) is 15.2. The molecule has 0 spiro atoms. The Morgan fingerprint density at radius 3 is 2.74 bits per heavy atom. The minimum atomic E-state index is 0.249. The van der Waals surface area contributed by atoms with Crippen LogP contribution in [0.1, 0.15) is 51.9 Å². The molecule has 4 heteroatoms. The van der Waals surface area contributed by atoms with E-state index in [0.29, 0.717) is 18.5 Å². The van der Waals surface area contributed by atoms with Gasteiger partial charge in [-0.25, -0.2) is 0 Å². The molecule has 110 valence electrons. The van der Waals surface area contributed by atoms with Gasteiger partial charge >= 0.3 is 0 Å². The summed E-state index contributed by atoms with van der Waals surface area (Å²) >= 11 is 1.95. The lowest BCUT2D eigenvalue weighted by atomic mass is 9.83. The second-order valence-electron chi connectivity index (χ2n) is 6.00. The van der Waals surface area contributed by atoms with Crippen LogP contribution in [0.15, 0.2) is 0 Å². The number of rotatable bonds is 5. The normalized spacial score (nSPS) is 31.9. The molecular formula is C15H28N2OS. The highest BCUT2D eigenvalue weighted by atomic mass is 32.2. The van der Waals surface area contributed by atoms with Crippen LogP contribution in [0, 0.1) is 5.92 Å². The third-order valence-electron chi connectivity index (χ3n) is 4.34. The van der Waals surface area contributed by atoms with Crippen LogP contribution >= 0.6 is 11.8 Å². The van der Waals surface area contributed by atoms with Crippen molar-refractivity contribution >= 4 is 17.7 Å². The van der Waals surface area contributed by atoms with Crippen molar-refractivity contribution in [3.05, 3.63) is 0 Å². The SMILES string of the molecule is CCCC1CCC(NC(=O)CC2CSCCN2)CC1. The molecule has 1 aliphatic carbocycles. The lowest BCUT2D eigenvalue weighted by molar-refractivity contribution is -0.122. The Morgan fingerprint density at radius 2 is 2.11 bits per heavy atom. The molecule has 2 N–H and O–H groups in total. The molecule has 1 heterocycles. The Bertz CT molecular complexity index is 271. The highest BCUT2D eigenvalue weighted by Crippen LogP contribution is 2.27. The second kappa shape index (κ2) is 8.15. The van der Waals surface area contributed by atoms with Gasteiger partial charge in [0.1, 0.15) is 0 Å². The predicted octanol–water partition coefficient (Wildman–Crippen LogP) is 2.56. The van der Waals surface area contributed by atoms with Crippen LogP contribution < -0.4 is 10.6 Å². The smallest absolute Gasteiger partial charge is 0.221 e. The van der Waals surface area contributed by atoms with E-state index >= 15 is 0 Å². The van der Waals surface area contributed by atoms with E-state index in [9.17, 15) is 4.79 Å². The highest BCUT2D eigenvalue weighted by molar-refractivity contribution is 7.99. The van der Waals surface area contributed by atoms with Crippen LogP contribution in [0.2, 0.25) is 0 Å². The standard InChI is InChI=1S/C15H28N2OS/c1-2-3-12-4-6-13(7-5-12)17-15(18)10-14-11-19-9-8-16-14/h12-14,16H,2-11H2,1H3,(H,17,18). The summed E-state index contributed by atoms with van der Waals surface area (Å²) in [7, 11) is 0. The Balaban J connectivity index is 1.63. The Kier molecular flexibility index (Phi) is 6.51. The van der Waals surface area contributed by atoms with Crippen LogP contribution in [0.3, 0.4) is 0 Å². The molecule has 1 aliphatic heterocycles. The van der Waals surface area contributed by atoms with Crippen LogP contribution in [0.5, 0.6) is 0 Å². The zero-order valence-electron chi connectivity index (χ0n) is 12.1. The van der Waals surface area contributed by atoms with Crippen molar-refractivity contribution in [2.24, 2.45) is 5.92 Å². The summed E-state index contributed by atoms with van der Waals surface area (Å²) in [6.07, 6.45) is 8.29. The van der Waals surface area contributed by atoms with E-state index in [1.807, 2.05) is 11.8 Å². The summed E-state index contributed by atoms with van der Waals surface area (Å²) in [6, 6.07) is 0.826. The fourth-order valence-corrected chi connectivity index (χ4v) is 4.21. The van der Waals surface area contributed by atoms with Crippen molar-refractivity contribution in [2.45, 2.75) is 64.0 Å². The van der Waals surface area contributed by atoms with Gasteiger partial charge in [-0.2, -0.15) is 11.8 Å². The first-order valence-electron chi connectivity index (χ1n) is 7.88. The molecule has 2 rings (SSSR count). The van der Waals surface area contributed by atoms with Crippen molar-refractivity contribution in [1.82, 2.24) is 10.6 Å². The van der Waals surface area contributed by atoms with Crippen LogP contribution in [0.25, 0.3) is 0 Å². The van der Waals surface area contributed by atoms with Crippen LogP contribution in [-0.2, 0) is 4.79 Å². The largest absolute Gasteiger partial charge is 0.353 e. The van der Waals surface area contributed by atoms with Crippen molar-refractivity contribution in [3.8, 4) is 0 Å². The van der Waals surface area contributed by atoms with Crippen molar-refractivity contribution in [2.75, 3.05) is 18.1 Å². The Labute approximate surface area is 121 Å². The fraction of sp³-hybridized carbons (Fsp3) is 0.933. The summed E-state index contributed by atoms with van der Waals surface area (Å²) in [5, 5.41) is 6.67. The van der Waals surface area contributed by atoms with E-state index < -0.39 is 0 Å². The van der Waals surface area contributed by atoms with Gasteiger partial charge in [-0.1, -0.05) is 19.8 Å². The number of amides is 1. The minimum Gasteiger partial charge on any atom is -0.353 e. The average molecular weight is 284 g/mol. The van der Waals surface area contributed by atoms with Crippen molar-refractivity contribution < 1.29 is 4.79 Å². The molecule has 0 aromatic rings. The molecule has 19 heavy (non-hydrogen) atoms. The van der Waals surface area contributed by atoms with Gasteiger partial charge in [0, 0.05) is 36.6 Å². The van der Waals surface area contributed by atoms with Crippen LogP contribution in [0.4, 0.5) is 0 Å². The predicted molar refractivity (Wildman–Crippen MR) is 82.5 cm³/mol. The summed E-state index contributed by atoms with van der Waals surface area (Å²) in [4.78, 5) is 12.0. The minimum absolute atomic E-state index is 0.249. The molecule has 1 unspecified atom stereocenters. The molecule has 0 radical (unpaired) electrons. The second-order valence-corrected chi connectivity index (χ2v) is 7.15. The fourth-order valence-electron chi connectivity index (χ4n) is 3.26. The molecule has 1 atom stereocenters. The monoisotopic (exact) mass is 284 g/mol. The molecule has 1 amide bonds. The van der Waals surface area contributed by atoms with Gasteiger partial charge in [0.15, 0.2) is 0 Å². The van der Waals surface area contributed by atoms with Gasteiger partial charge in [0.2, 0.25) is 5.91 Å². The zero-order chi connectivity index (χ0) is 13.5. The van der Waals surface area contributed by atoms with E-state index in [-0.39, 0.29) is 5.91 Å². The maximum Gasteiger partial charge on any atom is 0.221 e. The lowest BCUT2D eigenvalue weighted by Gasteiger charge is -2.30. The highest BCUT2D eigenvalue weighted by Gasteiger charge is 2.23. The quantitative estimate of drug-likeness (QED) is 0.815.